The zero-order valence-electron chi connectivity index (χ0n) is 16.2. The van der Waals surface area contributed by atoms with Crippen molar-refractivity contribution >= 4 is 28.3 Å². The average molecular weight is 417 g/mol. The second-order valence-corrected chi connectivity index (χ2v) is 6.95. The lowest BCUT2D eigenvalue weighted by Crippen LogP contribution is -2.16. The molecule has 0 unspecified atom stereocenters. The third kappa shape index (κ3) is 3.50. The van der Waals surface area contributed by atoms with E-state index in [4.69, 9.17) is 13.9 Å². The van der Waals surface area contributed by atoms with Gasteiger partial charge in [0.15, 0.2) is 17.3 Å². The standard InChI is InChI=1S/C24H16FNO5/c25-16-8-5-14(6-9-16)24(28)26-21-17-3-1-2-4-18(17)31-23(21)22(27)15-7-10-19-20(13-15)30-12-11-29-19/h1-10,13H,11-12H2,(H,26,28). The number of hydrogen-bond acceptors (Lipinski definition) is 5. The van der Waals surface area contributed by atoms with Crippen LogP contribution in [0.15, 0.2) is 71.1 Å². The minimum absolute atomic E-state index is 0.00617. The molecule has 1 aliphatic heterocycles. The Hall–Kier alpha value is -4.13. The molecule has 0 atom stereocenters. The fraction of sp³-hybridized carbons (Fsp3) is 0.0833. The molecule has 4 aromatic rings. The van der Waals surface area contributed by atoms with Crippen molar-refractivity contribution in [2.45, 2.75) is 0 Å². The van der Waals surface area contributed by atoms with Gasteiger partial charge < -0.3 is 19.2 Å². The number of furan rings is 1. The number of anilines is 1. The van der Waals surface area contributed by atoms with Gasteiger partial charge in [-0.15, -0.1) is 0 Å². The lowest BCUT2D eigenvalue weighted by atomic mass is 10.1. The number of carbonyl (C=O) groups is 2. The highest BCUT2D eigenvalue weighted by atomic mass is 19.1. The maximum Gasteiger partial charge on any atom is 0.255 e. The Kier molecular flexibility index (Phi) is 4.63. The first-order chi connectivity index (χ1) is 15.1. The highest BCUT2D eigenvalue weighted by Crippen LogP contribution is 2.35. The van der Waals surface area contributed by atoms with Crippen LogP contribution < -0.4 is 14.8 Å². The van der Waals surface area contributed by atoms with Gasteiger partial charge in [-0.2, -0.15) is 0 Å². The summed E-state index contributed by atoms with van der Waals surface area (Å²) in [5.41, 5.74) is 1.30. The molecule has 7 heteroatoms. The van der Waals surface area contributed by atoms with E-state index in [2.05, 4.69) is 5.32 Å². The number of amides is 1. The van der Waals surface area contributed by atoms with Crippen molar-refractivity contribution in [2.75, 3.05) is 18.5 Å². The first kappa shape index (κ1) is 18.9. The summed E-state index contributed by atoms with van der Waals surface area (Å²) in [7, 11) is 0. The van der Waals surface area contributed by atoms with Crippen molar-refractivity contribution in [3.63, 3.8) is 0 Å². The molecule has 0 saturated carbocycles. The van der Waals surface area contributed by atoms with Crippen LogP contribution in [0.2, 0.25) is 0 Å². The lowest BCUT2D eigenvalue weighted by molar-refractivity contribution is 0.101. The van der Waals surface area contributed by atoms with Crippen LogP contribution in [0.4, 0.5) is 10.1 Å². The van der Waals surface area contributed by atoms with Crippen LogP contribution in [0.25, 0.3) is 11.0 Å². The second kappa shape index (κ2) is 7.60. The maximum absolute atomic E-state index is 13.3. The van der Waals surface area contributed by atoms with Gasteiger partial charge in [-0.05, 0) is 54.6 Å². The molecule has 154 valence electrons. The third-order valence-corrected chi connectivity index (χ3v) is 4.95. The minimum Gasteiger partial charge on any atom is -0.486 e. The van der Waals surface area contributed by atoms with Gasteiger partial charge in [-0.1, -0.05) is 12.1 Å². The first-order valence-corrected chi connectivity index (χ1v) is 9.63. The smallest absolute Gasteiger partial charge is 0.255 e. The summed E-state index contributed by atoms with van der Waals surface area (Å²) in [6.07, 6.45) is 0. The Balaban J connectivity index is 1.55. The molecule has 2 heterocycles. The summed E-state index contributed by atoms with van der Waals surface area (Å²) in [6, 6.07) is 17.0. The van der Waals surface area contributed by atoms with Crippen LogP contribution in [0.3, 0.4) is 0 Å². The van der Waals surface area contributed by atoms with E-state index in [0.29, 0.717) is 41.2 Å². The lowest BCUT2D eigenvalue weighted by Gasteiger charge is -2.18. The molecule has 0 aliphatic carbocycles. The fourth-order valence-electron chi connectivity index (χ4n) is 3.43. The van der Waals surface area contributed by atoms with Gasteiger partial charge in [0.1, 0.15) is 24.6 Å². The number of ketones is 1. The van der Waals surface area contributed by atoms with Crippen LogP contribution in [0.1, 0.15) is 26.5 Å². The number of benzene rings is 3. The predicted octanol–water partition coefficient (Wildman–Crippen LogP) is 4.83. The fourth-order valence-corrected chi connectivity index (χ4v) is 3.43. The Morgan fingerprint density at radius 2 is 1.55 bits per heavy atom. The van der Waals surface area contributed by atoms with E-state index < -0.39 is 17.5 Å². The predicted molar refractivity (Wildman–Crippen MR) is 111 cm³/mol. The van der Waals surface area contributed by atoms with Gasteiger partial charge in [0.25, 0.3) is 5.91 Å². The van der Waals surface area contributed by atoms with E-state index in [1.165, 1.54) is 24.3 Å². The van der Waals surface area contributed by atoms with Gasteiger partial charge in [-0.3, -0.25) is 9.59 Å². The molecule has 0 saturated heterocycles. The highest BCUT2D eigenvalue weighted by Gasteiger charge is 2.25. The number of hydrogen-bond donors (Lipinski definition) is 1. The number of halogens is 1. The number of ether oxygens (including phenoxy) is 2. The van der Waals surface area contributed by atoms with E-state index in [1.807, 2.05) is 0 Å². The quantitative estimate of drug-likeness (QED) is 0.482. The second-order valence-electron chi connectivity index (χ2n) is 6.95. The monoisotopic (exact) mass is 417 g/mol. The summed E-state index contributed by atoms with van der Waals surface area (Å²) in [5.74, 6) is -0.305. The van der Waals surface area contributed by atoms with Gasteiger partial charge in [-0.25, -0.2) is 4.39 Å². The number of fused-ring (bicyclic) bond motifs is 2. The van der Waals surface area contributed by atoms with Gasteiger partial charge >= 0.3 is 0 Å². The number of nitrogens with one attached hydrogen (secondary N) is 1. The van der Waals surface area contributed by atoms with Gasteiger partial charge in [0.05, 0.1) is 5.69 Å². The van der Waals surface area contributed by atoms with Crippen LogP contribution in [0, 0.1) is 5.82 Å². The number of carbonyl (C=O) groups excluding carboxylic acids is 2. The normalized spacial score (nSPS) is 12.5. The molecule has 6 nitrogen and oxygen atoms in total. The molecule has 1 aliphatic rings. The van der Waals surface area contributed by atoms with E-state index >= 15 is 0 Å². The summed E-state index contributed by atoms with van der Waals surface area (Å²) >= 11 is 0. The van der Waals surface area contributed by atoms with E-state index in [1.54, 1.807) is 42.5 Å². The topological polar surface area (TPSA) is 77.8 Å². The van der Waals surface area contributed by atoms with Crippen LogP contribution in [-0.4, -0.2) is 24.9 Å². The molecule has 0 radical (unpaired) electrons. The molecule has 0 bridgehead atoms. The molecule has 5 rings (SSSR count). The first-order valence-electron chi connectivity index (χ1n) is 9.63. The summed E-state index contributed by atoms with van der Waals surface area (Å²) < 4.78 is 30.1. The van der Waals surface area contributed by atoms with Crippen molar-refractivity contribution in [1.82, 2.24) is 0 Å². The van der Waals surface area contributed by atoms with Crippen molar-refractivity contribution < 1.29 is 27.9 Å². The molecular weight excluding hydrogens is 401 g/mol. The molecular formula is C24H16FNO5. The Bertz CT molecular complexity index is 1310. The van der Waals surface area contributed by atoms with Crippen molar-refractivity contribution in [3.8, 4) is 11.5 Å². The maximum atomic E-state index is 13.3. The van der Waals surface area contributed by atoms with E-state index in [-0.39, 0.29) is 17.0 Å². The average Bonchev–Trinajstić information content (AvgIpc) is 3.17. The number of rotatable bonds is 4. The Labute approximate surface area is 176 Å². The molecule has 0 spiro atoms. The molecule has 31 heavy (non-hydrogen) atoms. The zero-order valence-corrected chi connectivity index (χ0v) is 16.2. The Morgan fingerprint density at radius 1 is 0.839 bits per heavy atom. The molecule has 3 aromatic carbocycles. The molecule has 0 fully saturated rings. The van der Waals surface area contributed by atoms with Crippen molar-refractivity contribution in [3.05, 3.63) is 89.4 Å². The van der Waals surface area contributed by atoms with Gasteiger partial charge in [0.2, 0.25) is 5.78 Å². The van der Waals surface area contributed by atoms with Crippen LogP contribution in [0.5, 0.6) is 11.5 Å². The van der Waals surface area contributed by atoms with Crippen LogP contribution in [-0.2, 0) is 0 Å². The molecule has 1 N–H and O–H groups in total. The minimum atomic E-state index is -0.484. The molecule has 1 amide bonds. The zero-order chi connectivity index (χ0) is 21.4. The largest absolute Gasteiger partial charge is 0.486 e. The highest BCUT2D eigenvalue weighted by molar-refractivity contribution is 6.19. The summed E-state index contributed by atoms with van der Waals surface area (Å²) in [5, 5.41) is 3.33. The number of para-hydroxylation sites is 1. The van der Waals surface area contributed by atoms with Crippen molar-refractivity contribution in [1.29, 1.82) is 0 Å². The summed E-state index contributed by atoms with van der Waals surface area (Å²) in [4.78, 5) is 26.0. The van der Waals surface area contributed by atoms with Crippen LogP contribution >= 0.6 is 0 Å². The third-order valence-electron chi connectivity index (χ3n) is 4.95. The van der Waals surface area contributed by atoms with E-state index in [9.17, 15) is 14.0 Å². The SMILES string of the molecule is O=C(Nc1c(C(=O)c2ccc3c(c2)OCCO3)oc2ccccc12)c1ccc(F)cc1. The van der Waals surface area contributed by atoms with E-state index in [0.717, 1.165) is 0 Å². The molecule has 1 aromatic heterocycles. The Morgan fingerprint density at radius 3 is 2.35 bits per heavy atom. The van der Waals surface area contributed by atoms with Gasteiger partial charge in [0, 0.05) is 16.5 Å². The van der Waals surface area contributed by atoms with Crippen molar-refractivity contribution in [2.24, 2.45) is 0 Å². The summed E-state index contributed by atoms with van der Waals surface area (Å²) in [6.45, 7) is 0.845.